The SMILES string of the molecule is CCCCCCC=C[C@H]1CCC[C@@H]1CC=CCCCC(=O)OO. The van der Waals surface area contributed by atoms with Gasteiger partial charge in [-0.2, -0.15) is 5.26 Å². The van der Waals surface area contributed by atoms with Crippen molar-refractivity contribution in [2.45, 2.75) is 84.0 Å². The lowest BCUT2D eigenvalue weighted by Crippen LogP contribution is -2.03. The largest absolute Gasteiger partial charge is 0.342 e. The van der Waals surface area contributed by atoms with Gasteiger partial charge in [-0.15, -0.1) is 0 Å². The summed E-state index contributed by atoms with van der Waals surface area (Å²) in [4.78, 5) is 14.4. The number of unbranched alkanes of at least 4 members (excludes halogenated alkanes) is 5. The van der Waals surface area contributed by atoms with Crippen LogP contribution in [0.3, 0.4) is 0 Å². The second-order valence-corrected chi connectivity index (χ2v) is 6.69. The summed E-state index contributed by atoms with van der Waals surface area (Å²) in [6, 6.07) is 0. The van der Waals surface area contributed by atoms with Crippen molar-refractivity contribution in [3.63, 3.8) is 0 Å². The summed E-state index contributed by atoms with van der Waals surface area (Å²) in [7, 11) is 0. The fraction of sp³-hybridized carbons (Fsp3) is 0.750. The van der Waals surface area contributed by atoms with Gasteiger partial charge in [-0.25, -0.2) is 4.79 Å². The number of carbonyl (C=O) groups excluding carboxylic acids is 1. The first-order valence-electron chi connectivity index (χ1n) is 9.43. The smallest absolute Gasteiger partial charge is 0.301 e. The summed E-state index contributed by atoms with van der Waals surface area (Å²) in [5, 5.41) is 8.17. The third-order valence-corrected chi connectivity index (χ3v) is 4.78. The average Bonchev–Trinajstić information content (AvgIpc) is 3.01. The number of carbonyl (C=O) groups is 1. The molecule has 1 saturated carbocycles. The Labute approximate surface area is 141 Å². The summed E-state index contributed by atoms with van der Waals surface area (Å²) >= 11 is 0. The molecular formula is C20H34O3. The highest BCUT2D eigenvalue weighted by Crippen LogP contribution is 2.35. The summed E-state index contributed by atoms with van der Waals surface area (Å²) < 4.78 is 0. The predicted molar refractivity (Wildman–Crippen MR) is 95.1 cm³/mol. The van der Waals surface area contributed by atoms with E-state index in [1.165, 1.54) is 51.4 Å². The van der Waals surface area contributed by atoms with Crippen LogP contribution in [0, 0.1) is 11.8 Å². The highest BCUT2D eigenvalue weighted by Gasteiger charge is 2.23. The third kappa shape index (κ3) is 9.60. The predicted octanol–water partition coefficient (Wildman–Crippen LogP) is 6.06. The van der Waals surface area contributed by atoms with E-state index in [-0.39, 0.29) is 6.42 Å². The number of hydrogen-bond acceptors (Lipinski definition) is 3. The van der Waals surface area contributed by atoms with Crippen LogP contribution in [0.5, 0.6) is 0 Å². The van der Waals surface area contributed by atoms with Gasteiger partial charge in [0.1, 0.15) is 0 Å². The minimum absolute atomic E-state index is 0.285. The van der Waals surface area contributed by atoms with E-state index in [1.54, 1.807) is 0 Å². The second kappa shape index (κ2) is 13.4. The van der Waals surface area contributed by atoms with Crippen LogP contribution in [0.25, 0.3) is 0 Å². The molecule has 0 saturated heterocycles. The van der Waals surface area contributed by atoms with Gasteiger partial charge in [-0.3, -0.25) is 0 Å². The van der Waals surface area contributed by atoms with Crippen LogP contribution in [0.2, 0.25) is 0 Å². The molecule has 3 nitrogen and oxygen atoms in total. The molecule has 0 radical (unpaired) electrons. The van der Waals surface area contributed by atoms with Gasteiger partial charge in [-0.1, -0.05) is 56.9 Å². The Morgan fingerprint density at radius 2 is 1.91 bits per heavy atom. The number of allylic oxidation sites excluding steroid dienone is 4. The van der Waals surface area contributed by atoms with Crippen LogP contribution in [0.4, 0.5) is 0 Å². The molecule has 0 aromatic heterocycles. The first-order chi connectivity index (χ1) is 11.3. The molecule has 1 N–H and O–H groups in total. The normalized spacial score (nSPS) is 21.5. The van der Waals surface area contributed by atoms with Crippen LogP contribution in [-0.4, -0.2) is 11.2 Å². The minimum Gasteiger partial charge on any atom is -0.301 e. The maximum Gasteiger partial charge on any atom is 0.342 e. The molecule has 0 aromatic rings. The van der Waals surface area contributed by atoms with Gasteiger partial charge < -0.3 is 4.89 Å². The molecule has 0 bridgehead atoms. The fourth-order valence-electron chi connectivity index (χ4n) is 3.37. The molecule has 0 aromatic carbocycles. The fourth-order valence-corrected chi connectivity index (χ4v) is 3.37. The van der Waals surface area contributed by atoms with E-state index in [9.17, 15) is 4.79 Å². The van der Waals surface area contributed by atoms with E-state index in [4.69, 9.17) is 5.26 Å². The van der Waals surface area contributed by atoms with Crippen molar-refractivity contribution in [3.8, 4) is 0 Å². The molecule has 23 heavy (non-hydrogen) atoms. The van der Waals surface area contributed by atoms with E-state index in [0.717, 1.165) is 31.1 Å². The lowest BCUT2D eigenvalue weighted by Gasteiger charge is -2.14. The molecule has 0 spiro atoms. The third-order valence-electron chi connectivity index (χ3n) is 4.78. The second-order valence-electron chi connectivity index (χ2n) is 6.69. The molecule has 0 aliphatic heterocycles. The summed E-state index contributed by atoms with van der Waals surface area (Å²) in [5.74, 6) is 1.01. The Hall–Kier alpha value is -1.09. The van der Waals surface area contributed by atoms with Crippen molar-refractivity contribution < 1.29 is 14.9 Å². The zero-order chi connectivity index (χ0) is 16.8. The monoisotopic (exact) mass is 322 g/mol. The highest BCUT2D eigenvalue weighted by atomic mass is 17.1. The van der Waals surface area contributed by atoms with Gasteiger partial charge in [-0.05, 0) is 56.8 Å². The van der Waals surface area contributed by atoms with E-state index in [1.807, 2.05) is 0 Å². The highest BCUT2D eigenvalue weighted by molar-refractivity contribution is 5.68. The van der Waals surface area contributed by atoms with Gasteiger partial charge in [0.25, 0.3) is 0 Å². The maximum atomic E-state index is 10.8. The standard InChI is InChI=1S/C20H34O3/c1-2-3-4-5-6-9-13-18-15-12-16-19(18)14-10-7-8-11-17-20(21)23-22/h7,9-10,13,18-19,22H,2-6,8,11-12,14-17H2,1H3/t18-,19-/m0/s1. The lowest BCUT2D eigenvalue weighted by atomic mass is 9.92. The molecule has 132 valence electrons. The van der Waals surface area contributed by atoms with Crippen molar-refractivity contribution in [1.82, 2.24) is 0 Å². The molecule has 2 atom stereocenters. The van der Waals surface area contributed by atoms with Gasteiger partial charge in [0, 0.05) is 6.42 Å². The Balaban J connectivity index is 2.14. The van der Waals surface area contributed by atoms with Crippen molar-refractivity contribution in [2.75, 3.05) is 0 Å². The number of hydrogen-bond donors (Lipinski definition) is 1. The Morgan fingerprint density at radius 1 is 1.09 bits per heavy atom. The Kier molecular flexibility index (Phi) is 11.6. The van der Waals surface area contributed by atoms with Crippen molar-refractivity contribution in [1.29, 1.82) is 0 Å². The van der Waals surface area contributed by atoms with Crippen LogP contribution in [0.1, 0.15) is 84.0 Å². The van der Waals surface area contributed by atoms with Crippen LogP contribution in [0.15, 0.2) is 24.3 Å². The zero-order valence-electron chi connectivity index (χ0n) is 14.7. The molecule has 1 fully saturated rings. The molecule has 0 heterocycles. The van der Waals surface area contributed by atoms with Crippen LogP contribution in [-0.2, 0) is 9.68 Å². The molecule has 1 aliphatic carbocycles. The minimum atomic E-state index is -0.543. The maximum absolute atomic E-state index is 10.8. The molecular weight excluding hydrogens is 288 g/mol. The van der Waals surface area contributed by atoms with Gasteiger partial charge in [0.2, 0.25) is 0 Å². The van der Waals surface area contributed by atoms with Crippen LogP contribution < -0.4 is 0 Å². The first kappa shape index (κ1) is 20.0. The molecule has 1 aliphatic rings. The van der Waals surface area contributed by atoms with Gasteiger partial charge in [0.15, 0.2) is 0 Å². The van der Waals surface area contributed by atoms with Crippen molar-refractivity contribution >= 4 is 5.97 Å². The lowest BCUT2D eigenvalue weighted by molar-refractivity contribution is -0.234. The molecule has 1 rings (SSSR count). The average molecular weight is 322 g/mol. The quantitative estimate of drug-likeness (QED) is 0.205. The summed E-state index contributed by atoms with van der Waals surface area (Å²) in [6.07, 6.45) is 23.0. The Morgan fingerprint density at radius 3 is 2.70 bits per heavy atom. The first-order valence-corrected chi connectivity index (χ1v) is 9.43. The van der Waals surface area contributed by atoms with E-state index in [0.29, 0.717) is 0 Å². The van der Waals surface area contributed by atoms with Crippen molar-refractivity contribution in [2.24, 2.45) is 11.8 Å². The van der Waals surface area contributed by atoms with Crippen LogP contribution >= 0.6 is 0 Å². The molecule has 0 amide bonds. The van der Waals surface area contributed by atoms with Gasteiger partial charge in [0.05, 0.1) is 0 Å². The topological polar surface area (TPSA) is 46.5 Å². The summed E-state index contributed by atoms with van der Waals surface area (Å²) in [5.41, 5.74) is 0. The van der Waals surface area contributed by atoms with E-state index < -0.39 is 5.97 Å². The van der Waals surface area contributed by atoms with Gasteiger partial charge >= 0.3 is 5.97 Å². The van der Waals surface area contributed by atoms with Crippen molar-refractivity contribution in [3.05, 3.63) is 24.3 Å². The number of rotatable bonds is 12. The van der Waals surface area contributed by atoms with E-state index in [2.05, 4.69) is 36.1 Å². The van der Waals surface area contributed by atoms with E-state index >= 15 is 0 Å². The Bertz CT molecular complexity index is 360. The zero-order valence-corrected chi connectivity index (χ0v) is 14.7. The molecule has 3 heteroatoms. The summed E-state index contributed by atoms with van der Waals surface area (Å²) in [6.45, 7) is 2.25. The molecule has 0 unspecified atom stereocenters.